The summed E-state index contributed by atoms with van der Waals surface area (Å²) in [5.41, 5.74) is 4.47. The van der Waals surface area contributed by atoms with Crippen LogP contribution < -0.4 is 7.22 Å². The number of phenolic OH excluding ortho intramolecular Hbond substituents is 1. The first-order valence-electron chi connectivity index (χ1n) is 8.51. The fraction of sp³-hybridized carbons (Fsp3) is 0. The molecule has 0 unspecified atom stereocenters. The SMILES string of the molecule is Oc1ccc([Te]c2cccc(-c3ccccc3)c2)cc1-c1ccccc1. The Bertz CT molecular complexity index is 1010. The molecule has 126 valence electrons. The van der Waals surface area contributed by atoms with E-state index in [0.29, 0.717) is 5.75 Å². The number of aromatic hydroxyl groups is 1. The van der Waals surface area contributed by atoms with E-state index in [-0.39, 0.29) is 0 Å². The Labute approximate surface area is 164 Å². The molecule has 26 heavy (non-hydrogen) atoms. The zero-order valence-corrected chi connectivity index (χ0v) is 16.5. The Balaban J connectivity index is 1.64. The molecule has 4 rings (SSSR count). The first-order chi connectivity index (χ1) is 12.8. The van der Waals surface area contributed by atoms with Gasteiger partial charge in [0.1, 0.15) is 0 Å². The van der Waals surface area contributed by atoms with Crippen molar-refractivity contribution in [1.29, 1.82) is 0 Å². The van der Waals surface area contributed by atoms with E-state index in [4.69, 9.17) is 0 Å². The van der Waals surface area contributed by atoms with Gasteiger partial charge >= 0.3 is 164 Å². The van der Waals surface area contributed by atoms with Gasteiger partial charge in [0.25, 0.3) is 0 Å². The summed E-state index contributed by atoms with van der Waals surface area (Å²) >= 11 is -0.521. The van der Waals surface area contributed by atoms with Crippen LogP contribution in [-0.4, -0.2) is 26.0 Å². The molecule has 1 N–H and O–H groups in total. The topological polar surface area (TPSA) is 20.2 Å². The standard InChI is InChI=1S/C24H18OTe/c25-24-15-14-22(17-23(24)19-10-5-2-6-11-19)26-21-13-7-12-20(16-21)18-8-3-1-4-9-18/h1-17,25H. The van der Waals surface area contributed by atoms with Gasteiger partial charge < -0.3 is 0 Å². The molecule has 0 heterocycles. The Morgan fingerprint density at radius 3 is 1.85 bits per heavy atom. The predicted molar refractivity (Wildman–Crippen MR) is 110 cm³/mol. The molecule has 0 fully saturated rings. The number of phenols is 1. The van der Waals surface area contributed by atoms with Gasteiger partial charge in [0.05, 0.1) is 0 Å². The monoisotopic (exact) mass is 452 g/mol. The second kappa shape index (κ2) is 7.79. The van der Waals surface area contributed by atoms with Crippen LogP contribution in [0.25, 0.3) is 22.3 Å². The van der Waals surface area contributed by atoms with Crippen LogP contribution in [0.3, 0.4) is 0 Å². The van der Waals surface area contributed by atoms with Crippen LogP contribution in [0.1, 0.15) is 0 Å². The molecule has 0 aliphatic carbocycles. The molecule has 4 aromatic rings. The van der Waals surface area contributed by atoms with Crippen LogP contribution in [-0.2, 0) is 0 Å². The zero-order valence-electron chi connectivity index (χ0n) is 14.2. The minimum absolute atomic E-state index is 0.338. The average molecular weight is 450 g/mol. The van der Waals surface area contributed by atoms with Crippen molar-refractivity contribution < 1.29 is 5.11 Å². The van der Waals surface area contributed by atoms with Crippen molar-refractivity contribution in [3.63, 3.8) is 0 Å². The van der Waals surface area contributed by atoms with Crippen molar-refractivity contribution in [3.05, 3.63) is 103 Å². The van der Waals surface area contributed by atoms with E-state index in [0.717, 1.165) is 11.1 Å². The summed E-state index contributed by atoms with van der Waals surface area (Å²) in [7, 11) is 0. The van der Waals surface area contributed by atoms with Crippen molar-refractivity contribution in [2.24, 2.45) is 0 Å². The van der Waals surface area contributed by atoms with Gasteiger partial charge in [-0.2, -0.15) is 0 Å². The molecule has 0 bridgehead atoms. The summed E-state index contributed by atoms with van der Waals surface area (Å²) in [6.07, 6.45) is 0. The van der Waals surface area contributed by atoms with Crippen molar-refractivity contribution in [2.45, 2.75) is 0 Å². The van der Waals surface area contributed by atoms with E-state index in [9.17, 15) is 5.11 Å². The molecule has 0 atom stereocenters. The Morgan fingerprint density at radius 1 is 0.500 bits per heavy atom. The predicted octanol–water partition coefficient (Wildman–Crippen LogP) is 4.38. The number of benzene rings is 4. The van der Waals surface area contributed by atoms with Gasteiger partial charge in [0.15, 0.2) is 0 Å². The molecule has 0 aromatic heterocycles. The van der Waals surface area contributed by atoms with E-state index in [1.165, 1.54) is 18.3 Å². The molecule has 0 radical (unpaired) electrons. The van der Waals surface area contributed by atoms with Crippen LogP contribution in [0.2, 0.25) is 0 Å². The van der Waals surface area contributed by atoms with Gasteiger partial charge in [-0.05, 0) is 0 Å². The second-order valence-corrected chi connectivity index (χ2v) is 9.31. The first-order valence-corrected chi connectivity index (χ1v) is 10.8. The molecular formula is C24H18OTe. The fourth-order valence-corrected chi connectivity index (χ4v) is 5.55. The summed E-state index contributed by atoms with van der Waals surface area (Å²) in [5.74, 6) is 0.338. The Morgan fingerprint density at radius 2 is 1.12 bits per heavy atom. The van der Waals surface area contributed by atoms with E-state index in [1.54, 1.807) is 0 Å². The van der Waals surface area contributed by atoms with Crippen LogP contribution in [0.5, 0.6) is 5.75 Å². The van der Waals surface area contributed by atoms with Crippen LogP contribution in [0, 0.1) is 0 Å². The van der Waals surface area contributed by atoms with Gasteiger partial charge in [-0.3, -0.25) is 0 Å². The van der Waals surface area contributed by atoms with Crippen LogP contribution in [0.4, 0.5) is 0 Å². The summed E-state index contributed by atoms with van der Waals surface area (Å²) in [6, 6.07) is 35.4. The summed E-state index contributed by atoms with van der Waals surface area (Å²) in [6.45, 7) is 0. The minimum atomic E-state index is -0.521. The van der Waals surface area contributed by atoms with E-state index in [2.05, 4.69) is 60.7 Å². The molecule has 0 saturated heterocycles. The van der Waals surface area contributed by atoms with Gasteiger partial charge in [-0.25, -0.2) is 0 Å². The van der Waals surface area contributed by atoms with Crippen molar-refractivity contribution in [3.8, 4) is 28.0 Å². The maximum atomic E-state index is 10.3. The molecule has 0 aliphatic rings. The number of rotatable bonds is 4. The third-order valence-electron chi connectivity index (χ3n) is 4.23. The second-order valence-electron chi connectivity index (χ2n) is 6.04. The van der Waals surface area contributed by atoms with Gasteiger partial charge in [0, 0.05) is 0 Å². The maximum absolute atomic E-state index is 10.3. The summed E-state index contributed by atoms with van der Waals surface area (Å²) < 4.78 is 2.71. The zero-order chi connectivity index (χ0) is 17.8. The molecule has 4 aromatic carbocycles. The molecular weight excluding hydrogens is 432 g/mol. The van der Waals surface area contributed by atoms with Crippen LogP contribution in [0.15, 0.2) is 103 Å². The van der Waals surface area contributed by atoms with Crippen molar-refractivity contribution in [2.75, 3.05) is 0 Å². The Hall–Kier alpha value is -2.53. The van der Waals surface area contributed by atoms with Gasteiger partial charge in [0.2, 0.25) is 0 Å². The third kappa shape index (κ3) is 3.83. The Kier molecular flexibility index (Phi) is 5.07. The van der Waals surface area contributed by atoms with Crippen LogP contribution >= 0.6 is 0 Å². The van der Waals surface area contributed by atoms with Crippen molar-refractivity contribution >= 4 is 28.1 Å². The quantitative estimate of drug-likeness (QED) is 0.458. The van der Waals surface area contributed by atoms with Gasteiger partial charge in [-0.1, -0.05) is 0 Å². The number of hydrogen-bond acceptors (Lipinski definition) is 1. The molecule has 0 spiro atoms. The molecule has 2 heteroatoms. The average Bonchev–Trinajstić information content (AvgIpc) is 2.71. The fourth-order valence-electron chi connectivity index (χ4n) is 2.93. The first kappa shape index (κ1) is 16.9. The molecule has 1 nitrogen and oxygen atoms in total. The van der Waals surface area contributed by atoms with E-state index in [1.807, 2.05) is 42.5 Å². The normalized spacial score (nSPS) is 10.6. The van der Waals surface area contributed by atoms with Gasteiger partial charge in [-0.15, -0.1) is 0 Å². The molecule has 0 aliphatic heterocycles. The number of hydrogen-bond donors (Lipinski definition) is 1. The van der Waals surface area contributed by atoms with E-state index < -0.39 is 20.9 Å². The third-order valence-corrected chi connectivity index (χ3v) is 7.02. The van der Waals surface area contributed by atoms with Crippen molar-refractivity contribution in [1.82, 2.24) is 0 Å². The molecule has 0 saturated carbocycles. The van der Waals surface area contributed by atoms with E-state index >= 15 is 0 Å². The summed E-state index contributed by atoms with van der Waals surface area (Å²) in [5, 5.41) is 10.3. The molecule has 0 amide bonds. The summed E-state index contributed by atoms with van der Waals surface area (Å²) in [4.78, 5) is 0.